The molecule has 0 aliphatic carbocycles. The van der Waals surface area contributed by atoms with Crippen molar-refractivity contribution in [1.29, 1.82) is 0 Å². The van der Waals surface area contributed by atoms with Crippen molar-refractivity contribution in [2.75, 3.05) is 25.9 Å². The van der Waals surface area contributed by atoms with E-state index >= 15 is 0 Å². The maximum Gasteiger partial charge on any atom is 0.220 e. The molecule has 2 aromatic rings. The van der Waals surface area contributed by atoms with Crippen LogP contribution in [0.2, 0.25) is 0 Å². The van der Waals surface area contributed by atoms with Crippen LogP contribution >= 0.6 is 12.4 Å². The lowest BCUT2D eigenvalue weighted by atomic mass is 9.95. The number of nitrogens with one attached hydrogen (secondary N) is 1. The molecule has 4 N–H and O–H groups in total. The number of hydrogen-bond acceptors (Lipinski definition) is 6. The van der Waals surface area contributed by atoms with Crippen molar-refractivity contribution in [3.8, 4) is 22.8 Å². The SMILES string of the molecule is COc1cccc(O)c1-c1cc(C2CCCNC2)nc(N)n1.Cl. The zero-order valence-corrected chi connectivity index (χ0v) is 13.8. The molecule has 1 aliphatic rings. The van der Waals surface area contributed by atoms with E-state index in [0.717, 1.165) is 31.6 Å². The number of aromatic hydroxyl groups is 1. The van der Waals surface area contributed by atoms with Crippen LogP contribution in [-0.4, -0.2) is 35.3 Å². The number of phenolic OH excluding ortho intramolecular Hbond substituents is 1. The molecular weight excluding hydrogens is 316 g/mol. The predicted molar refractivity (Wildman–Crippen MR) is 92.2 cm³/mol. The molecular formula is C16H21ClN4O2. The summed E-state index contributed by atoms with van der Waals surface area (Å²) >= 11 is 0. The Kier molecular flexibility index (Phi) is 5.63. The van der Waals surface area contributed by atoms with Gasteiger partial charge < -0.3 is 20.9 Å². The van der Waals surface area contributed by atoms with Crippen LogP contribution < -0.4 is 15.8 Å². The zero-order valence-electron chi connectivity index (χ0n) is 13.0. The van der Waals surface area contributed by atoms with Gasteiger partial charge >= 0.3 is 0 Å². The third-order valence-corrected chi connectivity index (χ3v) is 3.96. The molecule has 1 aliphatic heterocycles. The lowest BCUT2D eigenvalue weighted by Gasteiger charge is -2.22. The Bertz CT molecular complexity index is 675. The highest BCUT2D eigenvalue weighted by molar-refractivity contribution is 5.85. The highest BCUT2D eigenvalue weighted by Crippen LogP contribution is 2.37. The fourth-order valence-electron chi connectivity index (χ4n) is 2.87. The minimum absolute atomic E-state index is 0. The zero-order chi connectivity index (χ0) is 15.5. The van der Waals surface area contributed by atoms with Gasteiger partial charge in [-0.15, -0.1) is 12.4 Å². The van der Waals surface area contributed by atoms with Gasteiger partial charge in [-0.25, -0.2) is 9.97 Å². The van der Waals surface area contributed by atoms with Gasteiger partial charge in [0.2, 0.25) is 5.95 Å². The van der Waals surface area contributed by atoms with E-state index in [4.69, 9.17) is 10.5 Å². The molecule has 3 rings (SSSR count). The second kappa shape index (κ2) is 7.48. The number of piperidine rings is 1. The summed E-state index contributed by atoms with van der Waals surface area (Å²) in [6, 6.07) is 7.02. The van der Waals surface area contributed by atoms with E-state index < -0.39 is 0 Å². The Balaban J connectivity index is 0.00000192. The Morgan fingerprint density at radius 3 is 2.87 bits per heavy atom. The molecule has 1 saturated heterocycles. The topological polar surface area (TPSA) is 93.3 Å². The first-order chi connectivity index (χ1) is 10.7. The fraction of sp³-hybridized carbons (Fsp3) is 0.375. The molecule has 0 radical (unpaired) electrons. The molecule has 23 heavy (non-hydrogen) atoms. The van der Waals surface area contributed by atoms with E-state index in [1.54, 1.807) is 25.3 Å². The van der Waals surface area contributed by atoms with Crippen molar-refractivity contribution in [2.45, 2.75) is 18.8 Å². The first-order valence-electron chi connectivity index (χ1n) is 7.40. The molecule has 0 amide bonds. The summed E-state index contributed by atoms with van der Waals surface area (Å²) < 4.78 is 5.33. The maximum atomic E-state index is 10.2. The summed E-state index contributed by atoms with van der Waals surface area (Å²) in [7, 11) is 1.56. The number of ether oxygens (including phenoxy) is 1. The lowest BCUT2D eigenvalue weighted by Crippen LogP contribution is -2.29. The third kappa shape index (κ3) is 3.65. The smallest absolute Gasteiger partial charge is 0.220 e. The summed E-state index contributed by atoms with van der Waals surface area (Å²) in [5.74, 6) is 1.20. The molecule has 0 spiro atoms. The van der Waals surface area contributed by atoms with Gasteiger partial charge in [0.15, 0.2) is 0 Å². The minimum atomic E-state index is 0. The van der Waals surface area contributed by atoms with Gasteiger partial charge in [-0.3, -0.25) is 0 Å². The molecule has 6 nitrogen and oxygen atoms in total. The van der Waals surface area contributed by atoms with Crippen molar-refractivity contribution in [2.24, 2.45) is 0 Å². The van der Waals surface area contributed by atoms with Crippen molar-refractivity contribution in [1.82, 2.24) is 15.3 Å². The number of benzene rings is 1. The lowest BCUT2D eigenvalue weighted by molar-refractivity contribution is 0.410. The molecule has 1 unspecified atom stereocenters. The molecule has 1 aromatic carbocycles. The number of rotatable bonds is 3. The van der Waals surface area contributed by atoms with Crippen molar-refractivity contribution >= 4 is 18.4 Å². The average Bonchev–Trinajstić information content (AvgIpc) is 2.54. The summed E-state index contributed by atoms with van der Waals surface area (Å²) in [5, 5.41) is 13.5. The molecule has 1 atom stereocenters. The van der Waals surface area contributed by atoms with Crippen molar-refractivity contribution < 1.29 is 9.84 Å². The second-order valence-corrected chi connectivity index (χ2v) is 5.43. The molecule has 1 aromatic heterocycles. The first kappa shape index (κ1) is 17.3. The van der Waals surface area contributed by atoms with Crippen LogP contribution in [0.25, 0.3) is 11.3 Å². The third-order valence-electron chi connectivity index (χ3n) is 3.96. The fourth-order valence-corrected chi connectivity index (χ4v) is 2.87. The van der Waals surface area contributed by atoms with Gasteiger partial charge in [-0.1, -0.05) is 6.07 Å². The van der Waals surface area contributed by atoms with E-state index in [1.807, 2.05) is 6.07 Å². The normalized spacial score (nSPS) is 17.3. The molecule has 0 saturated carbocycles. The molecule has 124 valence electrons. The van der Waals surface area contributed by atoms with Crippen LogP contribution in [0.3, 0.4) is 0 Å². The summed E-state index contributed by atoms with van der Waals surface area (Å²) in [5.41, 5.74) is 7.91. The maximum absolute atomic E-state index is 10.2. The van der Waals surface area contributed by atoms with E-state index in [2.05, 4.69) is 15.3 Å². The van der Waals surface area contributed by atoms with E-state index in [0.29, 0.717) is 22.9 Å². The van der Waals surface area contributed by atoms with Gasteiger partial charge in [-0.2, -0.15) is 0 Å². The molecule has 0 bridgehead atoms. The first-order valence-corrected chi connectivity index (χ1v) is 7.40. The van der Waals surface area contributed by atoms with Gasteiger partial charge in [0.1, 0.15) is 11.5 Å². The Hall–Kier alpha value is -2.05. The molecule has 2 heterocycles. The van der Waals surface area contributed by atoms with Crippen LogP contribution in [0.1, 0.15) is 24.5 Å². The number of nitrogen functional groups attached to an aromatic ring is 1. The van der Waals surface area contributed by atoms with Crippen LogP contribution in [0.5, 0.6) is 11.5 Å². The standard InChI is InChI=1S/C16H20N4O2.ClH/c1-22-14-6-2-5-13(21)15(14)12-8-11(19-16(17)20-12)10-4-3-7-18-9-10;/h2,5-6,8,10,18,21H,3-4,7,9H2,1H3,(H2,17,19,20);1H. The molecule has 7 heteroatoms. The Labute approximate surface area is 141 Å². The summed E-state index contributed by atoms with van der Waals surface area (Å²) in [4.78, 5) is 8.65. The number of halogens is 1. The number of nitrogens with two attached hydrogens (primary N) is 1. The van der Waals surface area contributed by atoms with Crippen molar-refractivity contribution in [3.63, 3.8) is 0 Å². The number of hydrogen-bond donors (Lipinski definition) is 3. The number of phenols is 1. The van der Waals surface area contributed by atoms with Crippen molar-refractivity contribution in [3.05, 3.63) is 30.0 Å². The summed E-state index contributed by atoms with van der Waals surface area (Å²) in [6.07, 6.45) is 2.19. The number of methoxy groups -OCH3 is 1. The van der Waals surface area contributed by atoms with E-state index in [1.165, 1.54) is 0 Å². The minimum Gasteiger partial charge on any atom is -0.507 e. The van der Waals surface area contributed by atoms with Gasteiger partial charge in [-0.05, 0) is 37.6 Å². The Morgan fingerprint density at radius 2 is 2.17 bits per heavy atom. The van der Waals surface area contributed by atoms with Crippen LogP contribution in [0.4, 0.5) is 5.95 Å². The number of nitrogens with zero attached hydrogens (tertiary/aromatic N) is 2. The second-order valence-electron chi connectivity index (χ2n) is 5.43. The van der Waals surface area contributed by atoms with E-state index in [9.17, 15) is 5.11 Å². The highest BCUT2D eigenvalue weighted by Gasteiger charge is 2.20. The Morgan fingerprint density at radius 1 is 1.35 bits per heavy atom. The monoisotopic (exact) mass is 336 g/mol. The van der Waals surface area contributed by atoms with E-state index in [-0.39, 0.29) is 24.1 Å². The highest BCUT2D eigenvalue weighted by atomic mass is 35.5. The van der Waals surface area contributed by atoms with Crippen LogP contribution in [0, 0.1) is 0 Å². The van der Waals surface area contributed by atoms with Gasteiger partial charge in [0.05, 0.1) is 24.1 Å². The van der Waals surface area contributed by atoms with Gasteiger partial charge in [0.25, 0.3) is 0 Å². The molecule has 1 fully saturated rings. The number of aromatic nitrogens is 2. The number of anilines is 1. The average molecular weight is 337 g/mol. The quantitative estimate of drug-likeness (QED) is 0.796. The van der Waals surface area contributed by atoms with Crippen LogP contribution in [0.15, 0.2) is 24.3 Å². The van der Waals surface area contributed by atoms with Crippen LogP contribution in [-0.2, 0) is 0 Å². The largest absolute Gasteiger partial charge is 0.507 e. The summed E-state index contributed by atoms with van der Waals surface area (Å²) in [6.45, 7) is 1.92. The van der Waals surface area contributed by atoms with Gasteiger partial charge in [0, 0.05) is 12.5 Å². The predicted octanol–water partition coefficient (Wildman–Crippen LogP) is 2.33.